The fourth-order valence-corrected chi connectivity index (χ4v) is 5.13. The van der Waals surface area contributed by atoms with Gasteiger partial charge >= 0.3 is 5.97 Å². The standard InChI is InChI=1S/C23H30N2O4/c26-20(9-8-17-6-2-3-7-18(17)22(28)29)24-14-10-23(11-15-24)16-19(23)21(27)25-12-4-1-5-13-25/h2-3,6-7,19H,1,4-5,8-16H2,(H,28,29). The van der Waals surface area contributed by atoms with Gasteiger partial charge in [0.1, 0.15) is 0 Å². The van der Waals surface area contributed by atoms with Crippen molar-refractivity contribution in [1.29, 1.82) is 0 Å². The van der Waals surface area contributed by atoms with Crippen LogP contribution in [0.2, 0.25) is 0 Å². The van der Waals surface area contributed by atoms with E-state index >= 15 is 0 Å². The van der Waals surface area contributed by atoms with E-state index in [0.717, 1.165) is 45.2 Å². The van der Waals surface area contributed by atoms with Crippen molar-refractivity contribution in [2.45, 2.75) is 51.4 Å². The average Bonchev–Trinajstić information content (AvgIpc) is 3.45. The van der Waals surface area contributed by atoms with Crippen LogP contribution in [0.15, 0.2) is 24.3 Å². The number of amides is 2. The van der Waals surface area contributed by atoms with Crippen LogP contribution in [0.1, 0.15) is 60.9 Å². The number of aromatic carboxylic acids is 1. The van der Waals surface area contributed by atoms with Gasteiger partial charge in [-0.05, 0) is 62.0 Å². The van der Waals surface area contributed by atoms with E-state index in [4.69, 9.17) is 0 Å². The first-order chi connectivity index (χ1) is 14.0. The van der Waals surface area contributed by atoms with Crippen LogP contribution in [0.5, 0.6) is 0 Å². The van der Waals surface area contributed by atoms with Gasteiger partial charge in [-0.15, -0.1) is 0 Å². The summed E-state index contributed by atoms with van der Waals surface area (Å²) in [5, 5.41) is 9.28. The van der Waals surface area contributed by atoms with Crippen LogP contribution in [0.4, 0.5) is 0 Å². The van der Waals surface area contributed by atoms with Crippen molar-refractivity contribution < 1.29 is 19.5 Å². The molecule has 3 fully saturated rings. The smallest absolute Gasteiger partial charge is 0.335 e. The molecule has 0 aromatic heterocycles. The molecule has 2 saturated heterocycles. The SMILES string of the molecule is O=C(O)c1ccccc1CCC(=O)N1CCC2(CC1)CC2C(=O)N1CCCCC1. The van der Waals surface area contributed by atoms with Gasteiger partial charge in [0.15, 0.2) is 0 Å². The number of carboxylic acid groups (broad SMARTS) is 1. The lowest BCUT2D eigenvalue weighted by molar-refractivity contribution is -0.135. The molecule has 1 spiro atoms. The highest BCUT2D eigenvalue weighted by molar-refractivity contribution is 5.89. The van der Waals surface area contributed by atoms with Gasteiger partial charge in [0.05, 0.1) is 5.56 Å². The molecule has 1 saturated carbocycles. The summed E-state index contributed by atoms with van der Waals surface area (Å²) in [7, 11) is 0. The van der Waals surface area contributed by atoms with Gasteiger partial charge in [-0.3, -0.25) is 9.59 Å². The van der Waals surface area contributed by atoms with E-state index in [1.54, 1.807) is 18.2 Å². The van der Waals surface area contributed by atoms with Crippen LogP contribution in [-0.2, 0) is 16.0 Å². The minimum absolute atomic E-state index is 0.0830. The van der Waals surface area contributed by atoms with Gasteiger partial charge < -0.3 is 14.9 Å². The van der Waals surface area contributed by atoms with Crippen LogP contribution >= 0.6 is 0 Å². The van der Waals surface area contributed by atoms with Gasteiger partial charge in [0.2, 0.25) is 11.8 Å². The third-order valence-corrected chi connectivity index (χ3v) is 7.12. The van der Waals surface area contributed by atoms with Crippen molar-refractivity contribution in [2.75, 3.05) is 26.2 Å². The molecule has 2 aliphatic heterocycles. The molecule has 0 bridgehead atoms. The molecule has 2 heterocycles. The quantitative estimate of drug-likeness (QED) is 0.827. The summed E-state index contributed by atoms with van der Waals surface area (Å²) in [5.41, 5.74) is 1.10. The van der Waals surface area contributed by atoms with Crippen molar-refractivity contribution in [2.24, 2.45) is 11.3 Å². The van der Waals surface area contributed by atoms with Crippen molar-refractivity contribution in [3.05, 3.63) is 35.4 Å². The van der Waals surface area contributed by atoms with Gasteiger partial charge in [-0.25, -0.2) is 4.79 Å². The van der Waals surface area contributed by atoms with E-state index in [1.165, 1.54) is 6.42 Å². The van der Waals surface area contributed by atoms with E-state index in [9.17, 15) is 19.5 Å². The maximum atomic E-state index is 12.8. The molecule has 1 N–H and O–H groups in total. The van der Waals surface area contributed by atoms with Crippen molar-refractivity contribution in [3.63, 3.8) is 0 Å². The zero-order valence-corrected chi connectivity index (χ0v) is 16.9. The molecule has 1 unspecified atom stereocenters. The Morgan fingerprint density at radius 1 is 0.966 bits per heavy atom. The first kappa shape index (κ1) is 19.9. The Balaban J connectivity index is 1.26. The van der Waals surface area contributed by atoms with Crippen LogP contribution in [0, 0.1) is 11.3 Å². The van der Waals surface area contributed by atoms with E-state index in [0.29, 0.717) is 37.4 Å². The summed E-state index contributed by atoms with van der Waals surface area (Å²) in [6.45, 7) is 3.24. The van der Waals surface area contributed by atoms with Gasteiger partial charge in [0, 0.05) is 38.5 Å². The van der Waals surface area contributed by atoms with Gasteiger partial charge in [-0.2, -0.15) is 0 Å². The lowest BCUT2D eigenvalue weighted by Crippen LogP contribution is -2.42. The predicted molar refractivity (Wildman–Crippen MR) is 109 cm³/mol. The molecule has 0 radical (unpaired) electrons. The first-order valence-corrected chi connectivity index (χ1v) is 10.9. The summed E-state index contributed by atoms with van der Waals surface area (Å²) in [6, 6.07) is 6.88. The van der Waals surface area contributed by atoms with Gasteiger partial charge in [0.25, 0.3) is 0 Å². The van der Waals surface area contributed by atoms with Crippen LogP contribution < -0.4 is 0 Å². The van der Waals surface area contributed by atoms with E-state index in [1.807, 2.05) is 11.0 Å². The Kier molecular flexibility index (Phi) is 5.61. The molecular formula is C23H30N2O4. The maximum Gasteiger partial charge on any atom is 0.335 e. The number of piperidine rings is 2. The molecule has 1 aromatic rings. The molecule has 1 aromatic carbocycles. The van der Waals surface area contributed by atoms with E-state index in [2.05, 4.69) is 4.90 Å². The highest BCUT2D eigenvalue weighted by Gasteiger charge is 2.59. The van der Waals surface area contributed by atoms with Crippen molar-refractivity contribution >= 4 is 17.8 Å². The lowest BCUT2D eigenvalue weighted by Gasteiger charge is -2.34. The largest absolute Gasteiger partial charge is 0.478 e. The highest BCUT2D eigenvalue weighted by atomic mass is 16.4. The number of likely N-dealkylation sites (tertiary alicyclic amines) is 2. The van der Waals surface area contributed by atoms with Crippen molar-refractivity contribution in [1.82, 2.24) is 9.80 Å². The molecule has 1 atom stereocenters. The molecule has 156 valence electrons. The van der Waals surface area contributed by atoms with Crippen LogP contribution in [0.3, 0.4) is 0 Å². The zero-order valence-electron chi connectivity index (χ0n) is 16.9. The maximum absolute atomic E-state index is 12.8. The first-order valence-electron chi connectivity index (χ1n) is 10.9. The predicted octanol–water partition coefficient (Wildman–Crippen LogP) is 2.96. The summed E-state index contributed by atoms with van der Waals surface area (Å²) >= 11 is 0. The van der Waals surface area contributed by atoms with Crippen LogP contribution in [0.25, 0.3) is 0 Å². The second-order valence-electron chi connectivity index (χ2n) is 8.85. The second-order valence-corrected chi connectivity index (χ2v) is 8.85. The molecule has 6 nitrogen and oxygen atoms in total. The summed E-state index contributed by atoms with van der Waals surface area (Å²) in [4.78, 5) is 40.7. The highest BCUT2D eigenvalue weighted by Crippen LogP contribution is 2.60. The number of rotatable bonds is 5. The average molecular weight is 399 g/mol. The molecule has 2 amide bonds. The lowest BCUT2D eigenvalue weighted by atomic mass is 9.90. The fourth-order valence-electron chi connectivity index (χ4n) is 5.13. The topological polar surface area (TPSA) is 77.9 Å². The number of benzene rings is 1. The number of hydrogen-bond acceptors (Lipinski definition) is 3. The Morgan fingerprint density at radius 3 is 2.34 bits per heavy atom. The van der Waals surface area contributed by atoms with E-state index in [-0.39, 0.29) is 22.8 Å². The number of nitrogens with zero attached hydrogens (tertiary/aromatic N) is 2. The molecule has 6 heteroatoms. The summed E-state index contributed by atoms with van der Waals surface area (Å²) in [5.74, 6) is -0.360. The number of carboxylic acids is 1. The molecule has 4 rings (SSSR count). The summed E-state index contributed by atoms with van der Waals surface area (Å²) < 4.78 is 0. The normalized spacial score (nSPS) is 23.1. The number of hydrogen-bond donors (Lipinski definition) is 1. The monoisotopic (exact) mass is 398 g/mol. The third kappa shape index (κ3) is 4.16. The molecule has 1 aliphatic carbocycles. The fraction of sp³-hybridized carbons (Fsp3) is 0.609. The minimum Gasteiger partial charge on any atom is -0.478 e. The van der Waals surface area contributed by atoms with E-state index < -0.39 is 5.97 Å². The number of carbonyl (C=O) groups is 3. The minimum atomic E-state index is -0.953. The number of aryl methyl sites for hydroxylation is 1. The number of carbonyl (C=O) groups excluding carboxylic acids is 2. The Morgan fingerprint density at radius 2 is 1.66 bits per heavy atom. The Hall–Kier alpha value is -2.37. The zero-order chi connectivity index (χ0) is 20.4. The van der Waals surface area contributed by atoms with Crippen molar-refractivity contribution in [3.8, 4) is 0 Å². The Labute approximate surface area is 171 Å². The molecular weight excluding hydrogens is 368 g/mol. The Bertz CT molecular complexity index is 792. The third-order valence-electron chi connectivity index (χ3n) is 7.12. The molecule has 3 aliphatic rings. The summed E-state index contributed by atoms with van der Waals surface area (Å²) in [6.07, 6.45) is 7.05. The van der Waals surface area contributed by atoms with Gasteiger partial charge in [-0.1, -0.05) is 18.2 Å². The second kappa shape index (κ2) is 8.17. The molecule has 29 heavy (non-hydrogen) atoms. The van der Waals surface area contributed by atoms with Crippen LogP contribution in [-0.4, -0.2) is 58.9 Å².